The zero-order valence-electron chi connectivity index (χ0n) is 11.7. The summed E-state index contributed by atoms with van der Waals surface area (Å²) in [6, 6.07) is 3.39. The molecule has 0 heterocycles. The molecule has 0 aromatic heterocycles. The molecule has 1 aromatic carbocycles. The highest BCUT2D eigenvalue weighted by atomic mass is 19.1. The molecule has 2 unspecified atom stereocenters. The van der Waals surface area contributed by atoms with E-state index in [0.717, 1.165) is 37.8 Å². The van der Waals surface area contributed by atoms with Crippen molar-refractivity contribution in [2.45, 2.75) is 38.1 Å². The lowest BCUT2D eigenvalue weighted by atomic mass is 9.76. The van der Waals surface area contributed by atoms with E-state index in [-0.39, 0.29) is 11.3 Å². The third-order valence-corrected chi connectivity index (χ3v) is 4.07. The molecule has 110 valence electrons. The van der Waals surface area contributed by atoms with Crippen LogP contribution in [0.25, 0.3) is 0 Å². The Bertz CT molecular complexity index is 507. The number of hydrogen-bond acceptors (Lipinski definition) is 3. The standard InChI is InChI=1S/C15H21FN2O2/c1-10-3-2-6-15(8-10,9-17)18-14(20)12-5-4-11(16)7-13(12)19/h4-5,7,10,19H,2-3,6,8-9,17H2,1H3,(H,18,20). The lowest BCUT2D eigenvalue weighted by molar-refractivity contribution is 0.0851. The SMILES string of the molecule is CC1CCCC(CN)(NC(=O)c2ccc(F)cc2O)C1. The van der Waals surface area contributed by atoms with Gasteiger partial charge in [0.05, 0.1) is 11.1 Å². The zero-order valence-corrected chi connectivity index (χ0v) is 11.7. The van der Waals surface area contributed by atoms with Crippen LogP contribution in [0.15, 0.2) is 18.2 Å². The summed E-state index contributed by atoms with van der Waals surface area (Å²) in [4.78, 5) is 12.3. The number of nitrogens with two attached hydrogens (primary N) is 1. The van der Waals surface area contributed by atoms with Crippen molar-refractivity contribution in [2.24, 2.45) is 11.7 Å². The second-order valence-electron chi connectivity index (χ2n) is 5.80. The minimum absolute atomic E-state index is 0.0810. The highest BCUT2D eigenvalue weighted by molar-refractivity contribution is 5.97. The van der Waals surface area contributed by atoms with Gasteiger partial charge in [0.2, 0.25) is 0 Å². The lowest BCUT2D eigenvalue weighted by Crippen LogP contribution is -2.56. The summed E-state index contributed by atoms with van der Waals surface area (Å²) < 4.78 is 13.0. The number of amides is 1. The second-order valence-corrected chi connectivity index (χ2v) is 5.80. The van der Waals surface area contributed by atoms with Crippen LogP contribution in [0.2, 0.25) is 0 Å². The van der Waals surface area contributed by atoms with Gasteiger partial charge in [0.1, 0.15) is 11.6 Å². The normalized spacial score (nSPS) is 26.2. The Hall–Kier alpha value is -1.62. The molecular formula is C15H21FN2O2. The van der Waals surface area contributed by atoms with Gasteiger partial charge in [-0.3, -0.25) is 4.79 Å². The molecule has 0 spiro atoms. The molecule has 5 heteroatoms. The Morgan fingerprint density at radius 3 is 2.95 bits per heavy atom. The van der Waals surface area contributed by atoms with E-state index in [9.17, 15) is 14.3 Å². The van der Waals surface area contributed by atoms with Crippen molar-refractivity contribution in [1.82, 2.24) is 5.32 Å². The number of halogens is 1. The van der Waals surface area contributed by atoms with Crippen LogP contribution in [0.5, 0.6) is 5.75 Å². The largest absolute Gasteiger partial charge is 0.507 e. The Morgan fingerprint density at radius 1 is 1.60 bits per heavy atom. The first-order valence-corrected chi connectivity index (χ1v) is 6.97. The maximum atomic E-state index is 13.0. The van der Waals surface area contributed by atoms with Gasteiger partial charge in [0.15, 0.2) is 0 Å². The van der Waals surface area contributed by atoms with Crippen LogP contribution in [0.3, 0.4) is 0 Å². The van der Waals surface area contributed by atoms with Gasteiger partial charge in [-0.2, -0.15) is 0 Å². The number of aromatic hydroxyl groups is 1. The molecule has 0 saturated heterocycles. The first kappa shape index (κ1) is 14.8. The Labute approximate surface area is 118 Å². The summed E-state index contributed by atoms with van der Waals surface area (Å²) in [5.41, 5.74) is 5.51. The van der Waals surface area contributed by atoms with Gasteiger partial charge in [-0.05, 0) is 30.9 Å². The van der Waals surface area contributed by atoms with Gasteiger partial charge in [0.25, 0.3) is 5.91 Å². The van der Waals surface area contributed by atoms with Gasteiger partial charge in [-0.25, -0.2) is 4.39 Å². The second kappa shape index (κ2) is 5.79. The average Bonchev–Trinajstić information content (AvgIpc) is 2.38. The van der Waals surface area contributed by atoms with Crippen molar-refractivity contribution < 1.29 is 14.3 Å². The smallest absolute Gasteiger partial charge is 0.255 e. The van der Waals surface area contributed by atoms with Crippen molar-refractivity contribution in [3.8, 4) is 5.75 Å². The molecule has 20 heavy (non-hydrogen) atoms. The highest BCUT2D eigenvalue weighted by Crippen LogP contribution is 2.32. The van der Waals surface area contributed by atoms with Gasteiger partial charge in [-0.1, -0.05) is 19.8 Å². The molecule has 2 rings (SSSR count). The van der Waals surface area contributed by atoms with Gasteiger partial charge in [-0.15, -0.1) is 0 Å². The predicted molar refractivity (Wildman–Crippen MR) is 74.9 cm³/mol. The first-order valence-electron chi connectivity index (χ1n) is 6.97. The van der Waals surface area contributed by atoms with Crippen LogP contribution >= 0.6 is 0 Å². The third-order valence-electron chi connectivity index (χ3n) is 4.07. The molecule has 1 aliphatic carbocycles. The van der Waals surface area contributed by atoms with Crippen LogP contribution in [0, 0.1) is 11.7 Å². The van der Waals surface area contributed by atoms with E-state index >= 15 is 0 Å². The molecule has 1 amide bonds. The number of benzene rings is 1. The van der Waals surface area contributed by atoms with Crippen LogP contribution < -0.4 is 11.1 Å². The molecule has 2 atom stereocenters. The van der Waals surface area contributed by atoms with Crippen molar-refractivity contribution in [1.29, 1.82) is 0 Å². The molecular weight excluding hydrogens is 259 g/mol. The molecule has 0 radical (unpaired) electrons. The summed E-state index contributed by atoms with van der Waals surface area (Å²) in [6.45, 7) is 2.51. The Kier molecular flexibility index (Phi) is 4.28. The predicted octanol–water partition coefficient (Wildman–Crippen LogP) is 2.17. The monoisotopic (exact) mass is 280 g/mol. The number of rotatable bonds is 3. The maximum absolute atomic E-state index is 13.0. The van der Waals surface area contributed by atoms with E-state index in [1.165, 1.54) is 6.07 Å². The number of phenolic OH excluding ortho intramolecular Hbond substituents is 1. The van der Waals surface area contributed by atoms with E-state index in [1.54, 1.807) is 0 Å². The molecule has 1 aromatic rings. The lowest BCUT2D eigenvalue weighted by Gasteiger charge is -2.40. The van der Waals surface area contributed by atoms with Crippen LogP contribution in [0.1, 0.15) is 43.0 Å². The number of nitrogens with one attached hydrogen (secondary N) is 1. The molecule has 1 aliphatic rings. The fourth-order valence-electron chi connectivity index (χ4n) is 3.01. The van der Waals surface area contributed by atoms with Crippen molar-refractivity contribution in [3.05, 3.63) is 29.6 Å². The topological polar surface area (TPSA) is 75.3 Å². The van der Waals surface area contributed by atoms with Crippen LogP contribution in [-0.2, 0) is 0 Å². The quantitative estimate of drug-likeness (QED) is 0.794. The first-order chi connectivity index (χ1) is 9.46. The Balaban J connectivity index is 2.16. The minimum Gasteiger partial charge on any atom is -0.507 e. The summed E-state index contributed by atoms with van der Waals surface area (Å²) in [6.07, 6.45) is 3.83. The summed E-state index contributed by atoms with van der Waals surface area (Å²) >= 11 is 0. The number of carbonyl (C=O) groups is 1. The van der Waals surface area contributed by atoms with Crippen molar-refractivity contribution in [2.75, 3.05) is 6.54 Å². The maximum Gasteiger partial charge on any atom is 0.255 e. The molecule has 0 bridgehead atoms. The number of carbonyl (C=O) groups excluding carboxylic acids is 1. The van der Waals surface area contributed by atoms with Gasteiger partial charge < -0.3 is 16.2 Å². The number of phenols is 1. The van der Waals surface area contributed by atoms with Crippen molar-refractivity contribution in [3.63, 3.8) is 0 Å². The fraction of sp³-hybridized carbons (Fsp3) is 0.533. The average molecular weight is 280 g/mol. The number of hydrogen-bond donors (Lipinski definition) is 3. The van der Waals surface area contributed by atoms with E-state index in [2.05, 4.69) is 12.2 Å². The van der Waals surface area contributed by atoms with E-state index in [4.69, 9.17) is 5.73 Å². The molecule has 4 nitrogen and oxygen atoms in total. The fourth-order valence-corrected chi connectivity index (χ4v) is 3.01. The summed E-state index contributed by atoms with van der Waals surface area (Å²) in [7, 11) is 0. The summed E-state index contributed by atoms with van der Waals surface area (Å²) in [5.74, 6) is -0.811. The molecule has 1 saturated carbocycles. The molecule has 1 fully saturated rings. The highest BCUT2D eigenvalue weighted by Gasteiger charge is 2.35. The van der Waals surface area contributed by atoms with E-state index < -0.39 is 17.3 Å². The van der Waals surface area contributed by atoms with Gasteiger partial charge >= 0.3 is 0 Å². The van der Waals surface area contributed by atoms with Crippen molar-refractivity contribution >= 4 is 5.91 Å². The van der Waals surface area contributed by atoms with Gasteiger partial charge in [0, 0.05) is 12.6 Å². The minimum atomic E-state index is -0.570. The zero-order chi connectivity index (χ0) is 14.8. The molecule has 4 N–H and O–H groups in total. The molecule has 0 aliphatic heterocycles. The van der Waals surface area contributed by atoms with Crippen LogP contribution in [-0.4, -0.2) is 23.1 Å². The van der Waals surface area contributed by atoms with Crippen LogP contribution in [0.4, 0.5) is 4.39 Å². The van der Waals surface area contributed by atoms with E-state index in [1.807, 2.05) is 0 Å². The van der Waals surface area contributed by atoms with E-state index in [0.29, 0.717) is 12.5 Å². The third kappa shape index (κ3) is 3.10. The summed E-state index contributed by atoms with van der Waals surface area (Å²) in [5, 5.41) is 12.6. The Morgan fingerprint density at radius 2 is 2.35 bits per heavy atom.